The van der Waals surface area contributed by atoms with Crippen LogP contribution in [0.5, 0.6) is 0 Å². The van der Waals surface area contributed by atoms with Crippen molar-refractivity contribution in [2.45, 2.75) is 6.42 Å². The number of amides is 1. The molecule has 7 nitrogen and oxygen atoms in total. The monoisotopic (exact) mass is 442 g/mol. The van der Waals surface area contributed by atoms with E-state index in [0.29, 0.717) is 26.2 Å². The van der Waals surface area contributed by atoms with Gasteiger partial charge in [0.1, 0.15) is 0 Å². The molecule has 0 atom stereocenters. The minimum atomic E-state index is -0.0499. The van der Waals surface area contributed by atoms with E-state index in [4.69, 9.17) is 15.2 Å². The van der Waals surface area contributed by atoms with Gasteiger partial charge in [-0.25, -0.2) is 0 Å². The molecule has 0 saturated carbocycles. The molecule has 1 aromatic rings. The zero-order valence-corrected chi connectivity index (χ0v) is 17.7. The maximum Gasteiger partial charge on any atom is 0.225 e. The van der Waals surface area contributed by atoms with Crippen molar-refractivity contribution in [3.8, 4) is 0 Å². The van der Waals surface area contributed by atoms with Crippen molar-refractivity contribution in [1.29, 1.82) is 0 Å². The first-order valence-corrected chi connectivity index (χ1v) is 8.57. The van der Waals surface area contributed by atoms with Gasteiger partial charge in [-0.3, -0.25) is 4.79 Å². The standard InChI is InChI=1S/C17H26N4O3.3ClH/c18-4-3-17(22)19-15-2-1-14(20-5-9-23-10-6-20)13-16(15)21-7-11-24-12-8-21;;;/h1-2,13H,3-12,18H2,(H,19,22);3*1H. The molecule has 2 fully saturated rings. The van der Waals surface area contributed by atoms with E-state index in [9.17, 15) is 4.79 Å². The molecule has 156 valence electrons. The lowest BCUT2D eigenvalue weighted by Gasteiger charge is -2.33. The number of nitrogens with one attached hydrogen (secondary N) is 1. The third-order valence-corrected chi connectivity index (χ3v) is 4.35. The SMILES string of the molecule is Cl.Cl.Cl.NCCC(=O)Nc1ccc(N2CCOCC2)cc1N1CCOCC1. The Bertz CT molecular complexity index is 568. The summed E-state index contributed by atoms with van der Waals surface area (Å²) in [6.07, 6.45) is 0.327. The number of hydrogen-bond donors (Lipinski definition) is 2. The minimum Gasteiger partial charge on any atom is -0.378 e. The summed E-state index contributed by atoms with van der Waals surface area (Å²) in [7, 11) is 0. The van der Waals surface area contributed by atoms with Gasteiger partial charge < -0.3 is 30.3 Å². The maximum atomic E-state index is 12.0. The topological polar surface area (TPSA) is 80.1 Å². The molecule has 0 unspecified atom stereocenters. The van der Waals surface area contributed by atoms with E-state index < -0.39 is 0 Å². The number of ether oxygens (including phenoxy) is 2. The van der Waals surface area contributed by atoms with Crippen molar-refractivity contribution in [3.05, 3.63) is 18.2 Å². The Labute approximate surface area is 179 Å². The van der Waals surface area contributed by atoms with Crippen LogP contribution in [0.25, 0.3) is 0 Å². The highest BCUT2D eigenvalue weighted by molar-refractivity contribution is 5.95. The van der Waals surface area contributed by atoms with E-state index in [1.165, 1.54) is 0 Å². The molecule has 3 N–H and O–H groups in total. The van der Waals surface area contributed by atoms with Crippen LogP contribution in [0.4, 0.5) is 17.1 Å². The van der Waals surface area contributed by atoms with Gasteiger partial charge >= 0.3 is 0 Å². The van der Waals surface area contributed by atoms with Gasteiger partial charge in [0.05, 0.1) is 37.8 Å². The molecular weight excluding hydrogens is 415 g/mol. The first kappa shape index (κ1) is 26.0. The number of anilines is 3. The van der Waals surface area contributed by atoms with Crippen LogP contribution in [0.15, 0.2) is 18.2 Å². The molecule has 1 aromatic carbocycles. The van der Waals surface area contributed by atoms with Crippen molar-refractivity contribution in [3.63, 3.8) is 0 Å². The van der Waals surface area contributed by atoms with Crippen LogP contribution in [-0.4, -0.2) is 65.1 Å². The summed E-state index contributed by atoms with van der Waals surface area (Å²) in [6.45, 7) is 6.70. The van der Waals surface area contributed by atoms with Crippen molar-refractivity contribution in [2.75, 3.05) is 74.3 Å². The van der Waals surface area contributed by atoms with Gasteiger partial charge in [0.25, 0.3) is 0 Å². The number of nitrogens with two attached hydrogens (primary N) is 1. The second kappa shape index (κ2) is 13.3. The average molecular weight is 444 g/mol. The molecule has 27 heavy (non-hydrogen) atoms. The number of halogens is 3. The number of nitrogens with zero attached hydrogens (tertiary/aromatic N) is 2. The highest BCUT2D eigenvalue weighted by Crippen LogP contribution is 2.32. The van der Waals surface area contributed by atoms with Crippen LogP contribution < -0.4 is 20.9 Å². The number of hydrogen-bond acceptors (Lipinski definition) is 6. The van der Waals surface area contributed by atoms with E-state index in [-0.39, 0.29) is 43.1 Å². The molecule has 0 aromatic heterocycles. The lowest BCUT2D eigenvalue weighted by Crippen LogP contribution is -2.38. The predicted octanol–water partition coefficient (Wildman–Crippen LogP) is 1.91. The number of carbonyl (C=O) groups is 1. The fourth-order valence-corrected chi connectivity index (χ4v) is 3.05. The second-order valence-electron chi connectivity index (χ2n) is 5.99. The Morgan fingerprint density at radius 1 is 0.963 bits per heavy atom. The summed E-state index contributed by atoms with van der Waals surface area (Å²) in [5, 5.41) is 2.99. The highest BCUT2D eigenvalue weighted by atomic mass is 35.5. The van der Waals surface area contributed by atoms with Crippen molar-refractivity contribution < 1.29 is 14.3 Å². The highest BCUT2D eigenvalue weighted by Gasteiger charge is 2.19. The van der Waals surface area contributed by atoms with Crippen LogP contribution in [0.1, 0.15) is 6.42 Å². The number of carbonyl (C=O) groups excluding carboxylic acids is 1. The third kappa shape index (κ3) is 7.18. The van der Waals surface area contributed by atoms with Crippen molar-refractivity contribution in [2.24, 2.45) is 5.73 Å². The summed E-state index contributed by atoms with van der Waals surface area (Å²) < 4.78 is 10.9. The van der Waals surface area contributed by atoms with Gasteiger partial charge in [0, 0.05) is 44.8 Å². The summed E-state index contributed by atoms with van der Waals surface area (Å²) in [4.78, 5) is 16.6. The minimum absolute atomic E-state index is 0. The van der Waals surface area contributed by atoms with Gasteiger partial charge in [-0.1, -0.05) is 0 Å². The Kier molecular flexibility index (Phi) is 12.8. The van der Waals surface area contributed by atoms with Crippen LogP contribution in [0, 0.1) is 0 Å². The molecule has 2 saturated heterocycles. The van der Waals surface area contributed by atoms with E-state index in [1.807, 2.05) is 6.07 Å². The van der Waals surface area contributed by atoms with E-state index in [0.717, 1.165) is 56.5 Å². The normalized spacial score (nSPS) is 16.5. The predicted molar refractivity (Wildman–Crippen MR) is 117 cm³/mol. The van der Waals surface area contributed by atoms with Crippen LogP contribution in [-0.2, 0) is 14.3 Å². The zero-order valence-electron chi connectivity index (χ0n) is 15.2. The quantitative estimate of drug-likeness (QED) is 0.724. The van der Waals surface area contributed by atoms with Gasteiger partial charge in [0.2, 0.25) is 5.91 Å². The molecular formula is C17H29Cl3N4O3. The molecule has 0 aliphatic carbocycles. The molecule has 0 spiro atoms. The number of morpholine rings is 2. The van der Waals surface area contributed by atoms with Gasteiger partial charge in [0.15, 0.2) is 0 Å². The largest absolute Gasteiger partial charge is 0.378 e. The molecule has 0 bridgehead atoms. The first-order valence-electron chi connectivity index (χ1n) is 8.57. The van der Waals surface area contributed by atoms with Crippen molar-refractivity contribution in [1.82, 2.24) is 0 Å². The summed E-state index contributed by atoms with van der Waals surface area (Å²) >= 11 is 0. The summed E-state index contributed by atoms with van der Waals surface area (Å²) in [5.74, 6) is -0.0499. The Morgan fingerprint density at radius 3 is 2.07 bits per heavy atom. The summed E-state index contributed by atoms with van der Waals surface area (Å²) in [6, 6.07) is 6.21. The second-order valence-corrected chi connectivity index (χ2v) is 5.99. The number of benzene rings is 1. The van der Waals surface area contributed by atoms with Gasteiger partial charge in [-0.2, -0.15) is 0 Å². The van der Waals surface area contributed by atoms with Gasteiger partial charge in [-0.15, -0.1) is 37.2 Å². The third-order valence-electron chi connectivity index (χ3n) is 4.35. The molecule has 3 rings (SSSR count). The fraction of sp³-hybridized carbons (Fsp3) is 0.588. The molecule has 10 heteroatoms. The molecule has 0 radical (unpaired) electrons. The molecule has 2 heterocycles. The Balaban J connectivity index is 0.00000225. The summed E-state index contributed by atoms with van der Waals surface area (Å²) in [5.41, 5.74) is 8.53. The maximum absolute atomic E-state index is 12.0. The van der Waals surface area contributed by atoms with Crippen molar-refractivity contribution >= 4 is 60.2 Å². The lowest BCUT2D eigenvalue weighted by atomic mass is 10.1. The first-order chi connectivity index (χ1) is 11.8. The average Bonchev–Trinajstić information content (AvgIpc) is 2.64. The Morgan fingerprint density at radius 2 is 1.52 bits per heavy atom. The van der Waals surface area contributed by atoms with E-state index in [1.54, 1.807) is 0 Å². The van der Waals surface area contributed by atoms with Crippen LogP contribution >= 0.6 is 37.2 Å². The lowest BCUT2D eigenvalue weighted by molar-refractivity contribution is -0.116. The van der Waals surface area contributed by atoms with Gasteiger partial charge in [-0.05, 0) is 18.2 Å². The molecule has 2 aliphatic rings. The molecule has 1 amide bonds. The van der Waals surface area contributed by atoms with E-state index >= 15 is 0 Å². The van der Waals surface area contributed by atoms with E-state index in [2.05, 4.69) is 27.2 Å². The van der Waals surface area contributed by atoms with Crippen LogP contribution in [0.3, 0.4) is 0 Å². The number of rotatable bonds is 5. The Hall–Kier alpha value is -0.960. The smallest absolute Gasteiger partial charge is 0.225 e. The van der Waals surface area contributed by atoms with Crippen LogP contribution in [0.2, 0.25) is 0 Å². The zero-order chi connectivity index (χ0) is 16.8. The molecule has 2 aliphatic heterocycles. The fourth-order valence-electron chi connectivity index (χ4n) is 3.05.